The number of Topliss-reactive ketones (excluding diaryl/α,β-unsaturated/α-hetero) is 1. The molecule has 0 radical (unpaired) electrons. The van der Waals surface area contributed by atoms with Gasteiger partial charge >= 0.3 is 0 Å². The number of hydrogen-bond acceptors (Lipinski definition) is 1. The van der Waals surface area contributed by atoms with Crippen molar-refractivity contribution >= 4 is 5.78 Å². The zero-order valence-electron chi connectivity index (χ0n) is 11.6. The first kappa shape index (κ1) is 13.5. The van der Waals surface area contributed by atoms with Crippen LogP contribution < -0.4 is 0 Å². The average molecular weight is 252 g/mol. The van der Waals surface area contributed by atoms with Gasteiger partial charge in [-0.2, -0.15) is 0 Å². The molecule has 2 aromatic rings. The van der Waals surface area contributed by atoms with Gasteiger partial charge in [-0.05, 0) is 23.6 Å². The highest BCUT2D eigenvalue weighted by Crippen LogP contribution is 2.30. The maximum atomic E-state index is 11.9. The van der Waals surface area contributed by atoms with Crippen molar-refractivity contribution in [2.75, 3.05) is 0 Å². The molecule has 0 amide bonds. The molecule has 0 bridgehead atoms. The number of hydrogen-bond donors (Lipinski definition) is 0. The lowest BCUT2D eigenvalue weighted by molar-refractivity contribution is -0.118. The number of rotatable bonds is 5. The quantitative estimate of drug-likeness (QED) is 0.766. The van der Waals surface area contributed by atoms with Gasteiger partial charge in [0.05, 0.1) is 0 Å². The Labute approximate surface area is 115 Å². The Morgan fingerprint density at radius 2 is 1.63 bits per heavy atom. The fourth-order valence-corrected chi connectivity index (χ4v) is 2.44. The van der Waals surface area contributed by atoms with Gasteiger partial charge in [-0.25, -0.2) is 0 Å². The maximum absolute atomic E-state index is 11.9. The molecule has 1 nitrogen and oxygen atoms in total. The molecule has 1 atom stereocenters. The van der Waals surface area contributed by atoms with Crippen LogP contribution >= 0.6 is 0 Å². The molecule has 0 spiro atoms. The summed E-state index contributed by atoms with van der Waals surface area (Å²) in [6.07, 6.45) is 1.20. The third-order valence-electron chi connectivity index (χ3n) is 3.59. The van der Waals surface area contributed by atoms with E-state index in [1.807, 2.05) is 31.2 Å². The summed E-state index contributed by atoms with van der Waals surface area (Å²) >= 11 is 0. The van der Waals surface area contributed by atoms with Crippen molar-refractivity contribution < 1.29 is 4.79 Å². The van der Waals surface area contributed by atoms with Gasteiger partial charge in [0.25, 0.3) is 0 Å². The van der Waals surface area contributed by atoms with Crippen molar-refractivity contribution in [3.8, 4) is 0 Å². The fourth-order valence-electron chi connectivity index (χ4n) is 2.44. The summed E-state index contributed by atoms with van der Waals surface area (Å²) in [5.74, 6) is 0.493. The minimum absolute atomic E-state index is 0.176. The maximum Gasteiger partial charge on any atom is 0.133 e. The van der Waals surface area contributed by atoms with Crippen molar-refractivity contribution in [1.82, 2.24) is 0 Å². The van der Waals surface area contributed by atoms with Crippen LogP contribution in [0.5, 0.6) is 0 Å². The van der Waals surface area contributed by atoms with Crippen LogP contribution in [0.25, 0.3) is 0 Å². The molecule has 19 heavy (non-hydrogen) atoms. The van der Waals surface area contributed by atoms with E-state index in [0.717, 1.165) is 0 Å². The fraction of sp³-hybridized carbons (Fsp3) is 0.278. The van der Waals surface area contributed by atoms with Crippen molar-refractivity contribution in [2.24, 2.45) is 0 Å². The molecular formula is C18H20O. The van der Waals surface area contributed by atoms with Gasteiger partial charge in [-0.1, -0.05) is 61.5 Å². The van der Waals surface area contributed by atoms with E-state index in [1.165, 1.54) is 16.7 Å². The molecule has 2 rings (SSSR count). The van der Waals surface area contributed by atoms with Gasteiger partial charge in [-0.3, -0.25) is 4.79 Å². The summed E-state index contributed by atoms with van der Waals surface area (Å²) in [5.41, 5.74) is 3.73. The number of ketones is 1. The van der Waals surface area contributed by atoms with E-state index in [4.69, 9.17) is 0 Å². The first-order chi connectivity index (χ1) is 9.22. The summed E-state index contributed by atoms with van der Waals surface area (Å²) in [5, 5.41) is 0. The number of carbonyl (C=O) groups excluding carboxylic acids is 1. The molecule has 0 aliphatic rings. The Morgan fingerprint density at radius 3 is 2.26 bits per heavy atom. The van der Waals surface area contributed by atoms with Gasteiger partial charge in [0.1, 0.15) is 5.78 Å². The third-order valence-corrected chi connectivity index (χ3v) is 3.59. The summed E-state index contributed by atoms with van der Waals surface area (Å²) in [4.78, 5) is 11.9. The van der Waals surface area contributed by atoms with Crippen LogP contribution in [0.3, 0.4) is 0 Å². The lowest BCUT2D eigenvalue weighted by atomic mass is 9.84. The van der Waals surface area contributed by atoms with E-state index in [2.05, 4.69) is 37.3 Å². The SMILES string of the molecule is CCC(=O)CC(c1ccccc1)c1ccccc1C. The van der Waals surface area contributed by atoms with E-state index in [-0.39, 0.29) is 5.92 Å². The largest absolute Gasteiger partial charge is 0.300 e. The molecule has 0 fully saturated rings. The van der Waals surface area contributed by atoms with Gasteiger partial charge < -0.3 is 0 Å². The Balaban J connectivity index is 2.40. The van der Waals surface area contributed by atoms with Crippen LogP contribution in [-0.2, 0) is 4.79 Å². The van der Waals surface area contributed by atoms with E-state index in [9.17, 15) is 4.79 Å². The summed E-state index contributed by atoms with van der Waals surface area (Å²) < 4.78 is 0. The summed E-state index contributed by atoms with van der Waals surface area (Å²) in [6, 6.07) is 18.7. The van der Waals surface area contributed by atoms with Crippen LogP contribution in [0.4, 0.5) is 0 Å². The molecule has 2 aromatic carbocycles. The molecule has 0 N–H and O–H groups in total. The molecule has 0 aliphatic heterocycles. The highest BCUT2D eigenvalue weighted by Gasteiger charge is 2.18. The molecule has 0 heterocycles. The van der Waals surface area contributed by atoms with Crippen LogP contribution in [0.2, 0.25) is 0 Å². The molecule has 0 aromatic heterocycles. The van der Waals surface area contributed by atoms with Gasteiger partial charge in [0, 0.05) is 18.8 Å². The van der Waals surface area contributed by atoms with E-state index in [1.54, 1.807) is 0 Å². The topological polar surface area (TPSA) is 17.1 Å². The number of aryl methyl sites for hydroxylation is 1. The van der Waals surface area contributed by atoms with Crippen LogP contribution in [0.15, 0.2) is 54.6 Å². The smallest absolute Gasteiger partial charge is 0.133 e. The number of benzene rings is 2. The molecule has 1 unspecified atom stereocenters. The van der Waals surface area contributed by atoms with Crippen molar-refractivity contribution in [2.45, 2.75) is 32.6 Å². The molecule has 0 aliphatic carbocycles. The van der Waals surface area contributed by atoms with Gasteiger partial charge in [-0.15, -0.1) is 0 Å². The molecule has 1 heteroatoms. The summed E-state index contributed by atoms with van der Waals surface area (Å²) in [7, 11) is 0. The highest BCUT2D eigenvalue weighted by atomic mass is 16.1. The normalized spacial score (nSPS) is 12.1. The highest BCUT2D eigenvalue weighted by molar-refractivity contribution is 5.79. The van der Waals surface area contributed by atoms with Gasteiger partial charge in [0.2, 0.25) is 0 Å². The van der Waals surface area contributed by atoms with Crippen molar-refractivity contribution in [1.29, 1.82) is 0 Å². The number of carbonyl (C=O) groups is 1. The Kier molecular flexibility index (Phi) is 4.51. The predicted molar refractivity (Wildman–Crippen MR) is 79.4 cm³/mol. The minimum atomic E-state index is 0.176. The van der Waals surface area contributed by atoms with E-state index >= 15 is 0 Å². The molecular weight excluding hydrogens is 232 g/mol. The first-order valence-electron chi connectivity index (χ1n) is 6.84. The Hall–Kier alpha value is -1.89. The molecule has 98 valence electrons. The average Bonchev–Trinajstić information content (AvgIpc) is 2.46. The monoisotopic (exact) mass is 252 g/mol. The van der Waals surface area contributed by atoms with Crippen molar-refractivity contribution in [3.63, 3.8) is 0 Å². The van der Waals surface area contributed by atoms with E-state index in [0.29, 0.717) is 18.6 Å². The van der Waals surface area contributed by atoms with Gasteiger partial charge in [0.15, 0.2) is 0 Å². The Morgan fingerprint density at radius 1 is 1.00 bits per heavy atom. The zero-order chi connectivity index (χ0) is 13.7. The second kappa shape index (κ2) is 6.33. The second-order valence-electron chi connectivity index (χ2n) is 4.92. The molecule has 0 saturated carbocycles. The summed E-state index contributed by atoms with van der Waals surface area (Å²) in [6.45, 7) is 4.05. The third kappa shape index (κ3) is 3.31. The van der Waals surface area contributed by atoms with Crippen LogP contribution in [0, 0.1) is 6.92 Å². The lowest BCUT2D eigenvalue weighted by Gasteiger charge is -2.19. The standard InChI is InChI=1S/C18H20O/c1-3-16(19)13-18(15-10-5-4-6-11-15)17-12-8-7-9-14(17)2/h4-12,18H,3,13H2,1-2H3. The lowest BCUT2D eigenvalue weighted by Crippen LogP contribution is -2.09. The zero-order valence-corrected chi connectivity index (χ0v) is 11.6. The second-order valence-corrected chi connectivity index (χ2v) is 4.92. The van der Waals surface area contributed by atoms with Crippen LogP contribution in [0.1, 0.15) is 42.4 Å². The Bertz CT molecular complexity index is 543. The molecule has 0 saturated heterocycles. The minimum Gasteiger partial charge on any atom is -0.300 e. The first-order valence-corrected chi connectivity index (χ1v) is 6.84. The van der Waals surface area contributed by atoms with E-state index < -0.39 is 0 Å². The van der Waals surface area contributed by atoms with Crippen molar-refractivity contribution in [3.05, 3.63) is 71.3 Å². The van der Waals surface area contributed by atoms with Crippen LogP contribution in [-0.4, -0.2) is 5.78 Å². The predicted octanol–water partition coefficient (Wildman–Crippen LogP) is 4.50.